The van der Waals surface area contributed by atoms with Crippen LogP contribution < -0.4 is 5.32 Å². The number of nitrogens with one attached hydrogen (secondary N) is 1. The van der Waals surface area contributed by atoms with Crippen molar-refractivity contribution in [1.82, 2.24) is 20.4 Å². The number of hydrogen-bond acceptors (Lipinski definition) is 6. The van der Waals surface area contributed by atoms with Gasteiger partial charge < -0.3 is 9.84 Å². The number of nitrogens with zero attached hydrogens (tertiary/aromatic N) is 3. The lowest BCUT2D eigenvalue weighted by atomic mass is 10.2. The molecule has 0 aliphatic carbocycles. The Morgan fingerprint density at radius 3 is 3.00 bits per heavy atom. The van der Waals surface area contributed by atoms with Crippen LogP contribution in [-0.4, -0.2) is 41.2 Å². The van der Waals surface area contributed by atoms with Gasteiger partial charge in [-0.25, -0.2) is 0 Å². The Hall–Kier alpha value is -1.24. The summed E-state index contributed by atoms with van der Waals surface area (Å²) in [5.41, 5.74) is 0. The maximum Gasteiger partial charge on any atom is 0.226 e. The zero-order valence-electron chi connectivity index (χ0n) is 12.4. The molecule has 0 radical (unpaired) electrons. The van der Waals surface area contributed by atoms with Gasteiger partial charge in [-0.3, -0.25) is 4.90 Å². The number of thiophene rings is 1. The molecule has 1 aliphatic heterocycles. The highest BCUT2D eigenvalue weighted by Gasteiger charge is 2.22. The van der Waals surface area contributed by atoms with E-state index in [4.69, 9.17) is 4.52 Å². The fourth-order valence-corrected chi connectivity index (χ4v) is 3.39. The van der Waals surface area contributed by atoms with Gasteiger partial charge in [-0.05, 0) is 31.2 Å². The van der Waals surface area contributed by atoms with Crippen molar-refractivity contribution in [2.45, 2.75) is 32.2 Å². The molecule has 1 atom stereocenters. The zero-order chi connectivity index (χ0) is 14.5. The van der Waals surface area contributed by atoms with Crippen molar-refractivity contribution in [2.24, 2.45) is 0 Å². The molecule has 21 heavy (non-hydrogen) atoms. The molecule has 0 bridgehead atoms. The second-order valence-electron chi connectivity index (χ2n) is 5.44. The summed E-state index contributed by atoms with van der Waals surface area (Å²) in [7, 11) is 0. The lowest BCUT2D eigenvalue weighted by Gasteiger charge is -2.30. The van der Waals surface area contributed by atoms with Gasteiger partial charge in [0.15, 0.2) is 5.82 Å². The van der Waals surface area contributed by atoms with Gasteiger partial charge in [0, 0.05) is 37.5 Å². The second-order valence-corrected chi connectivity index (χ2v) is 6.47. The molecule has 5 nitrogen and oxygen atoms in total. The van der Waals surface area contributed by atoms with Crippen LogP contribution in [0.15, 0.2) is 22.0 Å². The smallest absolute Gasteiger partial charge is 0.226 e. The predicted octanol–water partition coefficient (Wildman–Crippen LogP) is 2.27. The summed E-state index contributed by atoms with van der Waals surface area (Å²) in [6.45, 7) is 6.32. The van der Waals surface area contributed by atoms with Crippen molar-refractivity contribution in [3.63, 3.8) is 0 Å². The molecule has 0 spiro atoms. The van der Waals surface area contributed by atoms with E-state index in [2.05, 4.69) is 44.8 Å². The van der Waals surface area contributed by atoms with Gasteiger partial charge in [0.1, 0.15) is 0 Å². The standard InChI is InChI=1S/C15H22N4OS/c1-12(19-9-7-16-8-10-19)15-17-14(20-18-15)6-2-4-13-5-3-11-21-13/h3,5,11-12,16H,2,4,6-10H2,1H3. The molecule has 1 saturated heterocycles. The molecular formula is C15H22N4OS. The van der Waals surface area contributed by atoms with Gasteiger partial charge in [-0.1, -0.05) is 11.2 Å². The fraction of sp³-hybridized carbons (Fsp3) is 0.600. The highest BCUT2D eigenvalue weighted by atomic mass is 32.1. The average molecular weight is 306 g/mol. The van der Waals surface area contributed by atoms with E-state index in [0.717, 1.165) is 57.2 Å². The van der Waals surface area contributed by atoms with Crippen LogP contribution in [0.2, 0.25) is 0 Å². The summed E-state index contributed by atoms with van der Waals surface area (Å²) in [4.78, 5) is 8.39. The van der Waals surface area contributed by atoms with Crippen LogP contribution in [0.3, 0.4) is 0 Å². The lowest BCUT2D eigenvalue weighted by Crippen LogP contribution is -2.44. The third-order valence-corrected chi connectivity index (χ3v) is 4.89. The van der Waals surface area contributed by atoms with Crippen LogP contribution in [0.25, 0.3) is 0 Å². The molecule has 1 N–H and O–H groups in total. The monoisotopic (exact) mass is 306 g/mol. The van der Waals surface area contributed by atoms with Crippen molar-refractivity contribution in [1.29, 1.82) is 0 Å². The molecule has 0 amide bonds. The van der Waals surface area contributed by atoms with Crippen LogP contribution in [0.5, 0.6) is 0 Å². The number of rotatable bonds is 6. The van der Waals surface area contributed by atoms with Gasteiger partial charge >= 0.3 is 0 Å². The molecule has 1 aliphatic rings. The Morgan fingerprint density at radius 1 is 1.38 bits per heavy atom. The van der Waals surface area contributed by atoms with E-state index in [9.17, 15) is 0 Å². The zero-order valence-corrected chi connectivity index (χ0v) is 13.2. The van der Waals surface area contributed by atoms with Gasteiger partial charge in [0.2, 0.25) is 5.89 Å². The van der Waals surface area contributed by atoms with E-state index >= 15 is 0 Å². The molecule has 3 heterocycles. The average Bonchev–Trinajstić information content (AvgIpc) is 3.19. The molecular weight excluding hydrogens is 284 g/mol. The summed E-state index contributed by atoms with van der Waals surface area (Å²) in [5, 5.41) is 9.64. The second kappa shape index (κ2) is 7.15. The lowest BCUT2D eigenvalue weighted by molar-refractivity contribution is 0.176. The molecule has 0 saturated carbocycles. The van der Waals surface area contributed by atoms with Gasteiger partial charge in [0.05, 0.1) is 6.04 Å². The summed E-state index contributed by atoms with van der Waals surface area (Å²) in [5.74, 6) is 1.59. The normalized spacial score (nSPS) is 18.0. The quantitative estimate of drug-likeness (QED) is 0.887. The van der Waals surface area contributed by atoms with Gasteiger partial charge in [0.25, 0.3) is 0 Å². The maximum atomic E-state index is 5.40. The Labute approximate surface area is 129 Å². The van der Waals surface area contributed by atoms with E-state index in [1.165, 1.54) is 4.88 Å². The van der Waals surface area contributed by atoms with Crippen molar-refractivity contribution < 1.29 is 4.52 Å². The number of aromatic nitrogens is 2. The number of hydrogen-bond donors (Lipinski definition) is 1. The first-order chi connectivity index (χ1) is 10.3. The molecule has 1 unspecified atom stereocenters. The molecule has 0 aromatic carbocycles. The van der Waals surface area contributed by atoms with Crippen molar-refractivity contribution >= 4 is 11.3 Å². The van der Waals surface area contributed by atoms with Crippen molar-refractivity contribution in [3.05, 3.63) is 34.1 Å². The molecule has 114 valence electrons. The minimum atomic E-state index is 0.238. The number of aryl methyl sites for hydroxylation is 2. The van der Waals surface area contributed by atoms with E-state index in [1.54, 1.807) is 0 Å². The molecule has 1 fully saturated rings. The van der Waals surface area contributed by atoms with Gasteiger partial charge in [-0.15, -0.1) is 11.3 Å². The first-order valence-corrected chi connectivity index (χ1v) is 8.50. The highest BCUT2D eigenvalue weighted by molar-refractivity contribution is 7.09. The molecule has 3 rings (SSSR count). The van der Waals surface area contributed by atoms with Crippen LogP contribution in [0, 0.1) is 0 Å². The van der Waals surface area contributed by atoms with Crippen LogP contribution in [0.4, 0.5) is 0 Å². The first-order valence-electron chi connectivity index (χ1n) is 7.62. The Kier molecular flexibility index (Phi) is 5.00. The fourth-order valence-electron chi connectivity index (χ4n) is 2.64. The Morgan fingerprint density at radius 2 is 2.24 bits per heavy atom. The Bertz CT molecular complexity index is 534. The van der Waals surface area contributed by atoms with Crippen LogP contribution in [-0.2, 0) is 12.8 Å². The van der Waals surface area contributed by atoms with E-state index in [0.29, 0.717) is 0 Å². The van der Waals surface area contributed by atoms with Crippen LogP contribution >= 0.6 is 11.3 Å². The van der Waals surface area contributed by atoms with E-state index < -0.39 is 0 Å². The SMILES string of the molecule is CC(c1noc(CCCc2cccs2)n1)N1CCNCC1. The molecule has 6 heteroatoms. The van der Waals surface area contributed by atoms with E-state index in [1.807, 2.05) is 11.3 Å². The third kappa shape index (κ3) is 3.90. The Balaban J connectivity index is 1.50. The summed E-state index contributed by atoms with van der Waals surface area (Å²) < 4.78 is 5.40. The maximum absolute atomic E-state index is 5.40. The highest BCUT2D eigenvalue weighted by Crippen LogP contribution is 2.18. The van der Waals surface area contributed by atoms with E-state index in [-0.39, 0.29) is 6.04 Å². The predicted molar refractivity (Wildman–Crippen MR) is 83.5 cm³/mol. The molecule has 2 aromatic heterocycles. The summed E-state index contributed by atoms with van der Waals surface area (Å²) >= 11 is 1.81. The summed E-state index contributed by atoms with van der Waals surface area (Å²) in [6, 6.07) is 4.51. The third-order valence-electron chi connectivity index (χ3n) is 3.95. The van der Waals surface area contributed by atoms with Crippen LogP contribution in [0.1, 0.15) is 36.0 Å². The first kappa shape index (κ1) is 14.7. The number of piperazine rings is 1. The minimum Gasteiger partial charge on any atom is -0.339 e. The largest absolute Gasteiger partial charge is 0.339 e. The minimum absolute atomic E-state index is 0.238. The van der Waals surface area contributed by atoms with Gasteiger partial charge in [-0.2, -0.15) is 4.98 Å². The summed E-state index contributed by atoms with van der Waals surface area (Å²) in [6.07, 6.45) is 3.01. The topological polar surface area (TPSA) is 54.2 Å². The molecule has 2 aromatic rings. The van der Waals surface area contributed by atoms with Crippen molar-refractivity contribution in [3.8, 4) is 0 Å². The van der Waals surface area contributed by atoms with Crippen molar-refractivity contribution in [2.75, 3.05) is 26.2 Å².